The van der Waals surface area contributed by atoms with E-state index in [4.69, 9.17) is 0 Å². The molecule has 0 aliphatic carbocycles. The van der Waals surface area contributed by atoms with E-state index in [2.05, 4.69) is 29.9 Å². The topological polar surface area (TPSA) is 16.1 Å². The summed E-state index contributed by atoms with van der Waals surface area (Å²) in [5.41, 5.74) is 2.86. The Morgan fingerprint density at radius 2 is 2.33 bits per heavy atom. The summed E-state index contributed by atoms with van der Waals surface area (Å²) in [5, 5.41) is 0. The van der Waals surface area contributed by atoms with E-state index in [1.807, 2.05) is 12.4 Å². The van der Waals surface area contributed by atoms with Crippen molar-refractivity contribution in [3.63, 3.8) is 0 Å². The molecule has 0 saturated heterocycles. The molecule has 0 bridgehead atoms. The van der Waals surface area contributed by atoms with E-state index in [-0.39, 0.29) is 0 Å². The molecule has 1 aromatic heterocycles. The van der Waals surface area contributed by atoms with E-state index in [1.54, 1.807) is 0 Å². The van der Waals surface area contributed by atoms with Crippen LogP contribution in [0.4, 0.5) is 0 Å². The van der Waals surface area contributed by atoms with Crippen LogP contribution < -0.4 is 0 Å². The summed E-state index contributed by atoms with van der Waals surface area (Å²) in [6.45, 7) is 3.31. The molecule has 2 rings (SSSR count). The Labute approximate surface area is 73.2 Å². The molecule has 2 heterocycles. The second-order valence-corrected chi connectivity index (χ2v) is 3.61. The maximum atomic E-state index is 4.13. The van der Waals surface area contributed by atoms with Crippen molar-refractivity contribution in [3.8, 4) is 0 Å². The van der Waals surface area contributed by atoms with Crippen molar-refractivity contribution in [2.45, 2.75) is 25.9 Å². The van der Waals surface area contributed by atoms with Crippen LogP contribution in [0.5, 0.6) is 0 Å². The summed E-state index contributed by atoms with van der Waals surface area (Å²) in [6.07, 6.45) is 5.03. The molecule has 0 radical (unpaired) electrons. The van der Waals surface area contributed by atoms with Gasteiger partial charge in [-0.15, -0.1) is 0 Å². The van der Waals surface area contributed by atoms with Gasteiger partial charge in [-0.25, -0.2) is 0 Å². The molecule has 0 fully saturated rings. The highest BCUT2D eigenvalue weighted by atomic mass is 15.1. The van der Waals surface area contributed by atoms with Crippen molar-refractivity contribution < 1.29 is 0 Å². The molecule has 1 aromatic rings. The molecule has 1 aliphatic rings. The van der Waals surface area contributed by atoms with E-state index in [9.17, 15) is 0 Å². The molecule has 1 atom stereocenters. The van der Waals surface area contributed by atoms with Crippen LogP contribution in [-0.2, 0) is 13.0 Å². The van der Waals surface area contributed by atoms with E-state index >= 15 is 0 Å². The van der Waals surface area contributed by atoms with Gasteiger partial charge in [0.15, 0.2) is 0 Å². The summed E-state index contributed by atoms with van der Waals surface area (Å²) in [6, 6.07) is 2.80. The van der Waals surface area contributed by atoms with Crippen molar-refractivity contribution in [3.05, 3.63) is 29.6 Å². The minimum atomic E-state index is 0.667. The summed E-state index contributed by atoms with van der Waals surface area (Å²) in [4.78, 5) is 6.50. The number of hydrogen-bond acceptors (Lipinski definition) is 2. The molecule has 0 spiro atoms. The standard InChI is InChI=1S/C10H14N2/c1-8-5-9-3-4-11-6-10(9)7-12(8)2/h3-4,6,8H,5,7H2,1-2H3/t8-/m1/s1. The minimum Gasteiger partial charge on any atom is -0.299 e. The largest absolute Gasteiger partial charge is 0.299 e. The Hall–Kier alpha value is -0.890. The molecule has 64 valence electrons. The smallest absolute Gasteiger partial charge is 0.0315 e. The molecule has 0 amide bonds. The highest BCUT2D eigenvalue weighted by molar-refractivity contribution is 5.26. The van der Waals surface area contributed by atoms with E-state index in [0.29, 0.717) is 6.04 Å². The molecule has 12 heavy (non-hydrogen) atoms. The average molecular weight is 162 g/mol. The molecule has 2 heteroatoms. The van der Waals surface area contributed by atoms with Crippen LogP contribution in [0.1, 0.15) is 18.1 Å². The third-order valence-electron chi connectivity index (χ3n) is 2.69. The van der Waals surface area contributed by atoms with Crippen LogP contribution >= 0.6 is 0 Å². The SMILES string of the molecule is C[C@@H]1Cc2ccncc2CN1C. The van der Waals surface area contributed by atoms with Crippen LogP contribution in [0.15, 0.2) is 18.5 Å². The Kier molecular flexibility index (Phi) is 1.85. The van der Waals surface area contributed by atoms with Crippen LogP contribution in [0.3, 0.4) is 0 Å². The van der Waals surface area contributed by atoms with Crippen molar-refractivity contribution in [1.82, 2.24) is 9.88 Å². The first-order valence-corrected chi connectivity index (χ1v) is 4.39. The quantitative estimate of drug-likeness (QED) is 0.574. The minimum absolute atomic E-state index is 0.667. The van der Waals surface area contributed by atoms with Crippen LogP contribution in [-0.4, -0.2) is 23.0 Å². The lowest BCUT2D eigenvalue weighted by Crippen LogP contribution is -2.34. The molecule has 0 N–H and O–H groups in total. The maximum absolute atomic E-state index is 4.13. The third kappa shape index (κ3) is 1.23. The zero-order chi connectivity index (χ0) is 8.55. The van der Waals surface area contributed by atoms with Crippen LogP contribution in [0, 0.1) is 0 Å². The monoisotopic (exact) mass is 162 g/mol. The lowest BCUT2D eigenvalue weighted by Gasteiger charge is -2.31. The Morgan fingerprint density at radius 1 is 1.50 bits per heavy atom. The highest BCUT2D eigenvalue weighted by Gasteiger charge is 2.18. The number of hydrogen-bond donors (Lipinski definition) is 0. The molecule has 0 aromatic carbocycles. The fourth-order valence-electron chi connectivity index (χ4n) is 1.70. The summed E-state index contributed by atoms with van der Waals surface area (Å²) in [7, 11) is 2.17. The predicted molar refractivity (Wildman–Crippen MR) is 48.9 cm³/mol. The average Bonchev–Trinajstić information content (AvgIpc) is 2.07. The van der Waals surface area contributed by atoms with Gasteiger partial charge < -0.3 is 0 Å². The van der Waals surface area contributed by atoms with E-state index in [0.717, 1.165) is 13.0 Å². The Bertz CT molecular complexity index is 254. The molecular formula is C10H14N2. The van der Waals surface area contributed by atoms with E-state index in [1.165, 1.54) is 11.1 Å². The number of nitrogens with zero attached hydrogens (tertiary/aromatic N) is 2. The fourth-order valence-corrected chi connectivity index (χ4v) is 1.70. The maximum Gasteiger partial charge on any atom is 0.0315 e. The number of fused-ring (bicyclic) bond motifs is 1. The normalized spacial score (nSPS) is 23.7. The molecule has 2 nitrogen and oxygen atoms in total. The Balaban J connectivity index is 2.34. The van der Waals surface area contributed by atoms with Gasteiger partial charge in [-0.1, -0.05) is 0 Å². The number of rotatable bonds is 0. The van der Waals surface area contributed by atoms with Gasteiger partial charge in [0.2, 0.25) is 0 Å². The first-order chi connectivity index (χ1) is 5.77. The van der Waals surface area contributed by atoms with Gasteiger partial charge in [-0.3, -0.25) is 9.88 Å². The van der Waals surface area contributed by atoms with Crippen molar-refractivity contribution >= 4 is 0 Å². The van der Waals surface area contributed by atoms with Gasteiger partial charge in [0.1, 0.15) is 0 Å². The molecule has 0 saturated carbocycles. The summed E-state index contributed by atoms with van der Waals surface area (Å²) < 4.78 is 0. The van der Waals surface area contributed by atoms with Gasteiger partial charge in [-0.2, -0.15) is 0 Å². The fraction of sp³-hybridized carbons (Fsp3) is 0.500. The van der Waals surface area contributed by atoms with E-state index < -0.39 is 0 Å². The highest BCUT2D eigenvalue weighted by Crippen LogP contribution is 2.20. The zero-order valence-electron chi connectivity index (χ0n) is 7.62. The van der Waals surface area contributed by atoms with Crippen molar-refractivity contribution in [2.24, 2.45) is 0 Å². The third-order valence-corrected chi connectivity index (χ3v) is 2.69. The van der Waals surface area contributed by atoms with Crippen molar-refractivity contribution in [1.29, 1.82) is 0 Å². The van der Waals surface area contributed by atoms with Crippen LogP contribution in [0.2, 0.25) is 0 Å². The second kappa shape index (κ2) is 2.87. The first-order valence-electron chi connectivity index (χ1n) is 4.39. The zero-order valence-corrected chi connectivity index (χ0v) is 7.62. The second-order valence-electron chi connectivity index (χ2n) is 3.61. The lowest BCUT2D eigenvalue weighted by molar-refractivity contribution is 0.231. The number of likely N-dealkylation sites (N-methyl/N-ethyl adjacent to an activating group) is 1. The first kappa shape index (κ1) is 7.74. The van der Waals surface area contributed by atoms with Gasteiger partial charge in [0.25, 0.3) is 0 Å². The van der Waals surface area contributed by atoms with Crippen LogP contribution in [0.25, 0.3) is 0 Å². The Morgan fingerprint density at radius 3 is 3.17 bits per heavy atom. The molecule has 0 unspecified atom stereocenters. The molecular weight excluding hydrogens is 148 g/mol. The van der Waals surface area contributed by atoms with Gasteiger partial charge in [0.05, 0.1) is 0 Å². The van der Waals surface area contributed by atoms with Crippen molar-refractivity contribution in [2.75, 3.05) is 7.05 Å². The van der Waals surface area contributed by atoms with Gasteiger partial charge >= 0.3 is 0 Å². The predicted octanol–water partition coefficient (Wildman–Crippen LogP) is 1.46. The summed E-state index contributed by atoms with van der Waals surface area (Å²) in [5.74, 6) is 0. The summed E-state index contributed by atoms with van der Waals surface area (Å²) >= 11 is 0. The number of aromatic nitrogens is 1. The molecule has 1 aliphatic heterocycles. The number of pyridine rings is 1. The van der Waals surface area contributed by atoms with Gasteiger partial charge in [0, 0.05) is 25.0 Å². The van der Waals surface area contributed by atoms with Gasteiger partial charge in [-0.05, 0) is 37.6 Å². The lowest BCUT2D eigenvalue weighted by atomic mass is 9.97.